The van der Waals surface area contributed by atoms with Crippen molar-refractivity contribution in [3.8, 4) is 0 Å². The van der Waals surface area contributed by atoms with Crippen molar-refractivity contribution >= 4 is 23.1 Å². The molecule has 2 aromatic rings. The second-order valence-electron chi connectivity index (χ2n) is 6.49. The van der Waals surface area contributed by atoms with Gasteiger partial charge in [0, 0.05) is 20.1 Å². The Bertz CT molecular complexity index is 751. The number of aromatic nitrogens is 2. The lowest BCUT2D eigenvalue weighted by atomic mass is 10.1. The van der Waals surface area contributed by atoms with Gasteiger partial charge in [-0.15, -0.1) is 16.4 Å². The van der Waals surface area contributed by atoms with Gasteiger partial charge in [0.05, 0.1) is 16.6 Å². The predicted octanol–water partition coefficient (Wildman–Crippen LogP) is 2.30. The average Bonchev–Trinajstić information content (AvgIpc) is 3.13. The Morgan fingerprint density at radius 3 is 2.87 bits per heavy atom. The molecule has 1 amide bonds. The molecule has 0 radical (unpaired) electrons. The first-order chi connectivity index (χ1) is 11.1. The molecule has 0 aromatic carbocycles. The number of fused-ring (bicyclic) bond motifs is 1. The smallest absolute Gasteiger partial charge is 0.264 e. The molecule has 0 saturated carbocycles. The molecule has 0 atom stereocenters. The van der Waals surface area contributed by atoms with Crippen molar-refractivity contribution in [1.29, 1.82) is 0 Å². The van der Waals surface area contributed by atoms with Crippen LogP contribution in [0.25, 0.3) is 0 Å². The molecule has 0 spiro atoms. The molecular weight excluding hydrogens is 308 g/mol. The molecule has 23 heavy (non-hydrogen) atoms. The van der Waals surface area contributed by atoms with Crippen LogP contribution in [0.15, 0.2) is 17.5 Å². The molecule has 1 saturated heterocycles. The maximum atomic E-state index is 12.5. The van der Waals surface area contributed by atoms with E-state index in [2.05, 4.69) is 21.2 Å². The minimum absolute atomic E-state index is 0.118. The van der Waals surface area contributed by atoms with Gasteiger partial charge in [-0.1, -0.05) is 0 Å². The number of amides is 1. The fourth-order valence-corrected chi connectivity index (χ4v) is 4.12. The summed E-state index contributed by atoms with van der Waals surface area (Å²) in [5.41, 5.74) is 3.65. The summed E-state index contributed by atoms with van der Waals surface area (Å²) in [5.74, 6) is 1.07. The van der Waals surface area contributed by atoms with Crippen LogP contribution in [0.1, 0.15) is 32.9 Å². The highest BCUT2D eigenvalue weighted by atomic mass is 32.1. The van der Waals surface area contributed by atoms with Gasteiger partial charge in [-0.05, 0) is 54.8 Å². The second-order valence-corrected chi connectivity index (χ2v) is 7.40. The van der Waals surface area contributed by atoms with Crippen LogP contribution < -0.4 is 4.90 Å². The third kappa shape index (κ3) is 2.61. The van der Waals surface area contributed by atoms with Gasteiger partial charge in [-0.3, -0.25) is 4.79 Å². The molecule has 120 valence electrons. The Morgan fingerprint density at radius 2 is 2.13 bits per heavy atom. The number of likely N-dealkylation sites (N-methyl/N-ethyl adjacent to an activating group) is 1. The molecule has 4 rings (SSSR count). The zero-order valence-electron chi connectivity index (χ0n) is 13.5. The Balaban J connectivity index is 1.40. The lowest BCUT2D eigenvalue weighted by Crippen LogP contribution is -2.60. The van der Waals surface area contributed by atoms with E-state index in [1.54, 1.807) is 0 Å². The number of aryl methyl sites for hydroxylation is 3. The summed E-state index contributed by atoms with van der Waals surface area (Å²) in [5, 5.41) is 10.7. The fraction of sp³-hybridized carbons (Fsp3) is 0.471. The quantitative estimate of drug-likeness (QED) is 0.867. The van der Waals surface area contributed by atoms with Crippen molar-refractivity contribution in [2.45, 2.75) is 32.2 Å². The Labute approximate surface area is 139 Å². The maximum Gasteiger partial charge on any atom is 0.264 e. The van der Waals surface area contributed by atoms with Gasteiger partial charge in [0.15, 0.2) is 5.82 Å². The van der Waals surface area contributed by atoms with Crippen LogP contribution in [0.3, 0.4) is 0 Å². The highest BCUT2D eigenvalue weighted by Gasteiger charge is 2.34. The SMILES string of the molecule is Cc1csc(C(=O)N(C)C2CN(c3cc4c(nn3)CCC4)C2)c1. The molecule has 1 aliphatic heterocycles. The van der Waals surface area contributed by atoms with Gasteiger partial charge in [-0.25, -0.2) is 0 Å². The molecule has 2 aromatic heterocycles. The van der Waals surface area contributed by atoms with Crippen molar-refractivity contribution in [2.24, 2.45) is 0 Å². The summed E-state index contributed by atoms with van der Waals surface area (Å²) in [6, 6.07) is 4.39. The van der Waals surface area contributed by atoms with Crippen LogP contribution >= 0.6 is 11.3 Å². The average molecular weight is 328 g/mol. The third-order valence-corrected chi connectivity index (χ3v) is 5.84. The zero-order chi connectivity index (χ0) is 16.0. The third-order valence-electron chi connectivity index (χ3n) is 4.80. The van der Waals surface area contributed by atoms with E-state index < -0.39 is 0 Å². The van der Waals surface area contributed by atoms with Crippen LogP contribution in [0, 0.1) is 6.92 Å². The van der Waals surface area contributed by atoms with Gasteiger partial charge in [0.25, 0.3) is 5.91 Å². The topological polar surface area (TPSA) is 49.3 Å². The summed E-state index contributed by atoms with van der Waals surface area (Å²) in [6.07, 6.45) is 3.36. The van der Waals surface area contributed by atoms with E-state index in [4.69, 9.17) is 0 Å². The van der Waals surface area contributed by atoms with Crippen LogP contribution in [0.2, 0.25) is 0 Å². The summed E-state index contributed by atoms with van der Waals surface area (Å²) < 4.78 is 0. The number of nitrogens with zero attached hydrogens (tertiary/aromatic N) is 4. The summed E-state index contributed by atoms with van der Waals surface area (Å²) >= 11 is 1.52. The first-order valence-electron chi connectivity index (χ1n) is 8.04. The van der Waals surface area contributed by atoms with Crippen LogP contribution in [0.5, 0.6) is 0 Å². The standard InChI is InChI=1S/C17H20N4OS/c1-11-6-15(23-10-11)17(22)20(2)13-8-21(9-13)16-7-12-4-3-5-14(12)18-19-16/h6-7,10,13H,3-5,8-9H2,1-2H3. The van der Waals surface area contributed by atoms with Crippen molar-refractivity contribution in [3.05, 3.63) is 39.2 Å². The number of hydrogen-bond donors (Lipinski definition) is 0. The minimum Gasteiger partial charge on any atom is -0.351 e. The van der Waals surface area contributed by atoms with Gasteiger partial charge < -0.3 is 9.80 Å². The van der Waals surface area contributed by atoms with Crippen LogP contribution in [-0.2, 0) is 12.8 Å². The molecule has 0 bridgehead atoms. The Kier molecular flexibility index (Phi) is 3.56. The highest BCUT2D eigenvalue weighted by Crippen LogP contribution is 2.27. The number of hydrogen-bond acceptors (Lipinski definition) is 5. The molecule has 0 unspecified atom stereocenters. The van der Waals surface area contributed by atoms with E-state index in [0.717, 1.165) is 47.9 Å². The van der Waals surface area contributed by atoms with E-state index in [0.29, 0.717) is 0 Å². The van der Waals surface area contributed by atoms with E-state index >= 15 is 0 Å². The molecule has 1 fully saturated rings. The monoisotopic (exact) mass is 328 g/mol. The number of carbonyl (C=O) groups excluding carboxylic acids is 1. The van der Waals surface area contributed by atoms with E-state index in [-0.39, 0.29) is 11.9 Å². The van der Waals surface area contributed by atoms with Crippen molar-refractivity contribution in [3.63, 3.8) is 0 Å². The molecule has 2 aliphatic rings. The van der Waals surface area contributed by atoms with Gasteiger partial charge >= 0.3 is 0 Å². The van der Waals surface area contributed by atoms with Crippen LogP contribution in [-0.4, -0.2) is 47.2 Å². The summed E-state index contributed by atoms with van der Waals surface area (Å²) in [4.78, 5) is 17.4. The molecule has 6 heteroatoms. The van der Waals surface area contributed by atoms with Gasteiger partial charge in [0.2, 0.25) is 0 Å². The van der Waals surface area contributed by atoms with Crippen molar-refractivity contribution in [1.82, 2.24) is 15.1 Å². The summed E-state index contributed by atoms with van der Waals surface area (Å²) in [7, 11) is 1.90. The molecule has 0 N–H and O–H groups in total. The Morgan fingerprint density at radius 1 is 1.30 bits per heavy atom. The second kappa shape index (κ2) is 5.60. The van der Waals surface area contributed by atoms with E-state index in [1.807, 2.05) is 30.3 Å². The zero-order valence-corrected chi connectivity index (χ0v) is 14.3. The fourth-order valence-electron chi connectivity index (χ4n) is 3.24. The number of thiophene rings is 1. The number of anilines is 1. The first-order valence-corrected chi connectivity index (χ1v) is 8.92. The van der Waals surface area contributed by atoms with E-state index in [9.17, 15) is 4.79 Å². The largest absolute Gasteiger partial charge is 0.351 e. The molecular formula is C17H20N4OS. The van der Waals surface area contributed by atoms with E-state index in [1.165, 1.54) is 23.3 Å². The van der Waals surface area contributed by atoms with Gasteiger partial charge in [0.1, 0.15) is 0 Å². The highest BCUT2D eigenvalue weighted by molar-refractivity contribution is 7.12. The number of carbonyl (C=O) groups is 1. The van der Waals surface area contributed by atoms with Gasteiger partial charge in [-0.2, -0.15) is 5.10 Å². The molecule has 5 nitrogen and oxygen atoms in total. The molecule has 3 heterocycles. The maximum absolute atomic E-state index is 12.5. The molecule has 1 aliphatic carbocycles. The Hall–Kier alpha value is -1.95. The predicted molar refractivity (Wildman–Crippen MR) is 91.2 cm³/mol. The lowest BCUT2D eigenvalue weighted by molar-refractivity contribution is 0.0710. The minimum atomic E-state index is 0.118. The van der Waals surface area contributed by atoms with Crippen molar-refractivity contribution in [2.75, 3.05) is 25.0 Å². The first kappa shape index (κ1) is 14.6. The van der Waals surface area contributed by atoms with Crippen molar-refractivity contribution < 1.29 is 4.79 Å². The van der Waals surface area contributed by atoms with Crippen LogP contribution in [0.4, 0.5) is 5.82 Å². The summed E-state index contributed by atoms with van der Waals surface area (Å²) in [6.45, 7) is 3.69. The lowest BCUT2D eigenvalue weighted by Gasteiger charge is -2.44. The normalized spacial score (nSPS) is 17.0. The number of rotatable bonds is 3.